The van der Waals surface area contributed by atoms with Gasteiger partial charge in [0.2, 0.25) is 16.1 Å². The van der Waals surface area contributed by atoms with Crippen LogP contribution in [0.3, 0.4) is 0 Å². The zero-order valence-electron chi connectivity index (χ0n) is 16.6. The van der Waals surface area contributed by atoms with Crippen LogP contribution in [0.5, 0.6) is 0 Å². The van der Waals surface area contributed by atoms with Gasteiger partial charge in [0.1, 0.15) is 11.6 Å². The third kappa shape index (κ3) is 5.63. The molecule has 3 rings (SSSR count). The predicted molar refractivity (Wildman–Crippen MR) is 109 cm³/mol. The Morgan fingerprint density at radius 1 is 1.16 bits per heavy atom. The topological polar surface area (TPSA) is 97.3 Å². The molecule has 1 aliphatic heterocycles. The molecular formula is C20H21F2N3O5S. The fraction of sp³-hybridized carbons (Fsp3) is 0.300. The van der Waals surface area contributed by atoms with Crippen LogP contribution in [-0.2, 0) is 24.4 Å². The summed E-state index contributed by atoms with van der Waals surface area (Å²) in [7, 11) is -3.63. The minimum absolute atomic E-state index is 0.105. The van der Waals surface area contributed by atoms with Gasteiger partial charge >= 0.3 is 0 Å². The standard InChI is InChI=1S/C20H21F2N3O5S/c1-14(30-23-13-17-18(21)3-2-4-19(17)22)20(26)24-15-5-7-16(8-6-15)31(27,28)25-9-11-29-12-10-25/h2-8,13-14H,9-12H2,1H3,(H,24,26)/b23-13+. The van der Waals surface area contributed by atoms with Crippen LogP contribution in [0.25, 0.3) is 0 Å². The van der Waals surface area contributed by atoms with E-state index in [1.807, 2.05) is 0 Å². The quantitative estimate of drug-likeness (QED) is 0.513. The second-order valence-electron chi connectivity index (χ2n) is 6.65. The van der Waals surface area contributed by atoms with E-state index in [0.717, 1.165) is 18.3 Å². The van der Waals surface area contributed by atoms with Crippen molar-refractivity contribution in [3.05, 3.63) is 59.7 Å². The first-order valence-electron chi connectivity index (χ1n) is 9.41. The van der Waals surface area contributed by atoms with E-state index < -0.39 is 33.7 Å². The van der Waals surface area contributed by atoms with E-state index in [-0.39, 0.29) is 23.5 Å². The number of hydrogen-bond donors (Lipinski definition) is 1. The van der Waals surface area contributed by atoms with E-state index in [1.165, 1.54) is 41.6 Å². The van der Waals surface area contributed by atoms with Crippen molar-refractivity contribution in [3.63, 3.8) is 0 Å². The van der Waals surface area contributed by atoms with Crippen molar-refractivity contribution in [2.45, 2.75) is 17.9 Å². The normalized spacial score (nSPS) is 16.2. The molecule has 1 aliphatic rings. The summed E-state index contributed by atoms with van der Waals surface area (Å²) in [6.45, 7) is 2.66. The fourth-order valence-corrected chi connectivity index (χ4v) is 4.15. The van der Waals surface area contributed by atoms with Crippen LogP contribution in [0.15, 0.2) is 52.5 Å². The lowest BCUT2D eigenvalue weighted by Crippen LogP contribution is -2.40. The van der Waals surface area contributed by atoms with Gasteiger partial charge in [-0.25, -0.2) is 17.2 Å². The predicted octanol–water partition coefficient (Wildman–Crippen LogP) is 2.36. The van der Waals surface area contributed by atoms with Crippen molar-refractivity contribution < 1.29 is 31.6 Å². The largest absolute Gasteiger partial charge is 0.383 e. The Balaban J connectivity index is 1.58. The summed E-state index contributed by atoms with van der Waals surface area (Å²) in [6, 6.07) is 9.06. The van der Waals surface area contributed by atoms with Gasteiger partial charge in [-0.15, -0.1) is 0 Å². The Kier molecular flexibility index (Phi) is 7.31. The number of benzene rings is 2. The lowest BCUT2D eigenvalue weighted by molar-refractivity contribution is -0.126. The highest BCUT2D eigenvalue weighted by molar-refractivity contribution is 7.89. The number of nitrogens with zero attached hydrogens (tertiary/aromatic N) is 2. The highest BCUT2D eigenvalue weighted by Gasteiger charge is 2.26. The first kappa shape index (κ1) is 22.8. The van der Waals surface area contributed by atoms with Crippen LogP contribution in [0.1, 0.15) is 12.5 Å². The average molecular weight is 453 g/mol. The monoisotopic (exact) mass is 453 g/mol. The summed E-state index contributed by atoms with van der Waals surface area (Å²) in [5, 5.41) is 6.02. The number of carbonyl (C=O) groups excluding carboxylic acids is 1. The van der Waals surface area contributed by atoms with Gasteiger partial charge in [-0.2, -0.15) is 4.31 Å². The van der Waals surface area contributed by atoms with Gasteiger partial charge in [0, 0.05) is 18.8 Å². The summed E-state index contributed by atoms with van der Waals surface area (Å²) in [4.78, 5) is 17.3. The number of hydrogen-bond acceptors (Lipinski definition) is 6. The van der Waals surface area contributed by atoms with Gasteiger partial charge < -0.3 is 14.9 Å². The molecule has 31 heavy (non-hydrogen) atoms. The average Bonchev–Trinajstić information content (AvgIpc) is 2.76. The molecule has 1 amide bonds. The summed E-state index contributed by atoms with van der Waals surface area (Å²) >= 11 is 0. The van der Waals surface area contributed by atoms with Crippen LogP contribution in [0, 0.1) is 11.6 Å². The Morgan fingerprint density at radius 2 is 1.77 bits per heavy atom. The highest BCUT2D eigenvalue weighted by Crippen LogP contribution is 2.19. The maximum Gasteiger partial charge on any atom is 0.267 e. The molecule has 1 atom stereocenters. The number of sulfonamides is 1. The van der Waals surface area contributed by atoms with Crippen molar-refractivity contribution >= 4 is 27.8 Å². The number of oxime groups is 1. The van der Waals surface area contributed by atoms with Crippen LogP contribution in [-0.4, -0.2) is 57.3 Å². The Labute approximate surface area is 178 Å². The Morgan fingerprint density at radius 3 is 2.39 bits per heavy atom. The van der Waals surface area contributed by atoms with Crippen LogP contribution >= 0.6 is 0 Å². The molecule has 11 heteroatoms. The molecule has 1 fully saturated rings. The van der Waals surface area contributed by atoms with Gasteiger partial charge in [-0.1, -0.05) is 11.2 Å². The SMILES string of the molecule is CC(O/N=C/c1c(F)cccc1F)C(=O)Nc1ccc(S(=O)(=O)N2CCOCC2)cc1. The maximum absolute atomic E-state index is 13.5. The van der Waals surface area contributed by atoms with Crippen LogP contribution in [0.2, 0.25) is 0 Å². The number of morpholine rings is 1. The van der Waals surface area contributed by atoms with E-state index in [4.69, 9.17) is 9.57 Å². The molecule has 1 saturated heterocycles. The third-order valence-corrected chi connectivity index (χ3v) is 6.41. The molecule has 1 N–H and O–H groups in total. The second-order valence-corrected chi connectivity index (χ2v) is 8.59. The number of ether oxygens (including phenoxy) is 1. The van der Waals surface area contributed by atoms with Gasteiger partial charge in [0.25, 0.3) is 5.91 Å². The van der Waals surface area contributed by atoms with E-state index in [1.54, 1.807) is 0 Å². The first-order chi connectivity index (χ1) is 14.8. The van der Waals surface area contributed by atoms with Crippen molar-refractivity contribution in [1.82, 2.24) is 4.31 Å². The molecule has 1 unspecified atom stereocenters. The molecule has 166 valence electrons. The summed E-state index contributed by atoms with van der Waals surface area (Å²) in [5.41, 5.74) is -0.0299. The van der Waals surface area contributed by atoms with E-state index in [2.05, 4.69) is 10.5 Å². The molecule has 0 bridgehead atoms. The molecule has 0 saturated carbocycles. The van der Waals surface area contributed by atoms with Gasteiger partial charge in [-0.3, -0.25) is 4.79 Å². The number of anilines is 1. The van der Waals surface area contributed by atoms with Crippen molar-refractivity contribution in [1.29, 1.82) is 0 Å². The summed E-state index contributed by atoms with van der Waals surface area (Å²) in [6.07, 6.45) is -0.220. The number of rotatable bonds is 7. The lowest BCUT2D eigenvalue weighted by Gasteiger charge is -2.26. The van der Waals surface area contributed by atoms with Gasteiger partial charge in [0.05, 0.1) is 29.9 Å². The summed E-state index contributed by atoms with van der Waals surface area (Å²) in [5.74, 6) is -2.19. The van der Waals surface area contributed by atoms with Crippen molar-refractivity contribution in [2.75, 3.05) is 31.6 Å². The van der Waals surface area contributed by atoms with E-state index >= 15 is 0 Å². The molecular weight excluding hydrogens is 432 g/mol. The maximum atomic E-state index is 13.5. The molecule has 0 spiro atoms. The summed E-state index contributed by atoms with van der Waals surface area (Å²) < 4.78 is 58.8. The Bertz CT molecular complexity index is 1030. The van der Waals surface area contributed by atoms with Crippen molar-refractivity contribution in [3.8, 4) is 0 Å². The third-order valence-electron chi connectivity index (χ3n) is 4.50. The zero-order valence-corrected chi connectivity index (χ0v) is 17.4. The molecule has 2 aromatic carbocycles. The zero-order chi connectivity index (χ0) is 22.4. The molecule has 8 nitrogen and oxygen atoms in total. The molecule has 1 heterocycles. The second kappa shape index (κ2) is 9.94. The number of nitrogens with one attached hydrogen (secondary N) is 1. The number of halogens is 2. The van der Waals surface area contributed by atoms with Crippen molar-refractivity contribution in [2.24, 2.45) is 5.16 Å². The van der Waals surface area contributed by atoms with Gasteiger partial charge in [-0.05, 0) is 43.3 Å². The van der Waals surface area contributed by atoms with E-state index in [0.29, 0.717) is 18.9 Å². The minimum atomic E-state index is -3.63. The highest BCUT2D eigenvalue weighted by atomic mass is 32.2. The number of carbonyl (C=O) groups is 1. The minimum Gasteiger partial charge on any atom is -0.383 e. The lowest BCUT2D eigenvalue weighted by atomic mass is 10.2. The molecule has 0 aliphatic carbocycles. The Hall–Kier alpha value is -2.89. The number of amides is 1. The molecule has 2 aromatic rings. The van der Waals surface area contributed by atoms with E-state index in [9.17, 15) is 22.0 Å². The van der Waals surface area contributed by atoms with Crippen LogP contribution in [0.4, 0.5) is 14.5 Å². The molecule has 0 radical (unpaired) electrons. The smallest absolute Gasteiger partial charge is 0.267 e. The van der Waals surface area contributed by atoms with Crippen LogP contribution < -0.4 is 5.32 Å². The van der Waals surface area contributed by atoms with Gasteiger partial charge in [0.15, 0.2) is 0 Å². The first-order valence-corrected chi connectivity index (χ1v) is 10.8. The molecule has 0 aromatic heterocycles. The fourth-order valence-electron chi connectivity index (χ4n) is 2.75.